The molecule has 0 spiro atoms. The molecule has 4 aromatic rings. The SMILES string of the molecule is Cl.NCCCCC(NC(=O)c1ccc(Cl)cc1)C(=O)c1noc(Cc2ccc(OCCc3ccc(Cl)c(Cl)c3)cc2)n1. The standard InChI is InChI=1S/C30H29Cl3N4O4.ClH/c31-22-9-7-21(8-10-22)30(39)35-26(3-1-2-15-34)28(38)29-36-27(41-37-29)18-19-4-11-23(12-5-19)40-16-14-20-6-13-24(32)25(33)17-20;/h4-13,17,26H,1-3,14-16,18,34H2,(H,35,39);1H. The lowest BCUT2D eigenvalue weighted by Crippen LogP contribution is -2.41. The number of halogens is 4. The number of nitrogens with one attached hydrogen (secondary N) is 1. The number of hydrogen-bond acceptors (Lipinski definition) is 7. The number of nitrogens with two attached hydrogens (primary N) is 1. The highest BCUT2D eigenvalue weighted by Gasteiger charge is 2.26. The molecule has 0 radical (unpaired) electrons. The Hall–Kier alpha value is -3.14. The van der Waals surface area contributed by atoms with Crippen LogP contribution in [0.1, 0.15) is 57.3 Å². The van der Waals surface area contributed by atoms with Crippen molar-refractivity contribution in [1.82, 2.24) is 15.5 Å². The molecule has 0 aliphatic rings. The quantitative estimate of drug-likeness (QED) is 0.114. The number of nitrogens with zero attached hydrogens (tertiary/aromatic N) is 2. The normalized spacial score (nSPS) is 11.4. The molecule has 1 heterocycles. The molecule has 0 aliphatic carbocycles. The average molecular weight is 652 g/mol. The van der Waals surface area contributed by atoms with Gasteiger partial charge in [-0.3, -0.25) is 9.59 Å². The van der Waals surface area contributed by atoms with Gasteiger partial charge in [-0.25, -0.2) is 0 Å². The van der Waals surface area contributed by atoms with Crippen LogP contribution in [0.5, 0.6) is 5.75 Å². The van der Waals surface area contributed by atoms with Gasteiger partial charge in [0.05, 0.1) is 29.1 Å². The minimum absolute atomic E-state index is 0. The van der Waals surface area contributed by atoms with Gasteiger partial charge in [-0.05, 0) is 85.5 Å². The Morgan fingerprint density at radius 3 is 2.33 bits per heavy atom. The first-order valence-corrected chi connectivity index (χ1v) is 14.2. The van der Waals surface area contributed by atoms with Crippen LogP contribution in [0.3, 0.4) is 0 Å². The van der Waals surface area contributed by atoms with Crippen LogP contribution in [-0.4, -0.2) is 41.0 Å². The van der Waals surface area contributed by atoms with Gasteiger partial charge in [0.2, 0.25) is 17.5 Å². The zero-order valence-corrected chi connectivity index (χ0v) is 25.6. The highest BCUT2D eigenvalue weighted by molar-refractivity contribution is 6.42. The van der Waals surface area contributed by atoms with Crippen molar-refractivity contribution < 1.29 is 18.8 Å². The fourth-order valence-electron chi connectivity index (χ4n) is 4.05. The average Bonchev–Trinajstić information content (AvgIpc) is 3.44. The molecule has 0 fully saturated rings. The molecule has 8 nitrogen and oxygen atoms in total. The summed E-state index contributed by atoms with van der Waals surface area (Å²) in [6, 6.07) is 18.6. The fourth-order valence-corrected chi connectivity index (χ4v) is 4.49. The van der Waals surface area contributed by atoms with Crippen LogP contribution in [0, 0.1) is 0 Å². The van der Waals surface area contributed by atoms with E-state index in [4.69, 9.17) is 49.8 Å². The van der Waals surface area contributed by atoms with E-state index in [1.54, 1.807) is 30.3 Å². The van der Waals surface area contributed by atoms with E-state index in [2.05, 4.69) is 15.5 Å². The summed E-state index contributed by atoms with van der Waals surface area (Å²) in [5, 5.41) is 8.22. The molecule has 1 amide bonds. The molecule has 1 aromatic heterocycles. The van der Waals surface area contributed by atoms with Crippen molar-refractivity contribution in [3.8, 4) is 5.75 Å². The maximum absolute atomic E-state index is 13.2. The number of ketones is 1. The van der Waals surface area contributed by atoms with E-state index in [9.17, 15) is 9.59 Å². The maximum Gasteiger partial charge on any atom is 0.251 e. The predicted molar refractivity (Wildman–Crippen MR) is 166 cm³/mol. The van der Waals surface area contributed by atoms with E-state index in [-0.39, 0.29) is 24.1 Å². The molecular weight excluding hydrogens is 622 g/mol. The molecule has 0 saturated heterocycles. The number of carbonyl (C=O) groups excluding carboxylic acids is 2. The minimum atomic E-state index is -0.824. The third kappa shape index (κ3) is 9.71. The highest BCUT2D eigenvalue weighted by Crippen LogP contribution is 2.23. The topological polar surface area (TPSA) is 120 Å². The van der Waals surface area contributed by atoms with E-state index in [1.165, 1.54) is 0 Å². The number of rotatable bonds is 14. The molecule has 1 unspecified atom stereocenters. The lowest BCUT2D eigenvalue weighted by molar-refractivity contribution is 0.0843. The molecule has 12 heteroatoms. The zero-order chi connectivity index (χ0) is 29.2. The van der Waals surface area contributed by atoms with Gasteiger partial charge in [0, 0.05) is 17.0 Å². The maximum atomic E-state index is 13.2. The smallest absolute Gasteiger partial charge is 0.251 e. The van der Waals surface area contributed by atoms with Gasteiger partial charge in [-0.15, -0.1) is 12.4 Å². The van der Waals surface area contributed by atoms with Crippen LogP contribution in [0.2, 0.25) is 15.1 Å². The Bertz CT molecular complexity index is 1460. The van der Waals surface area contributed by atoms with Crippen molar-refractivity contribution in [1.29, 1.82) is 0 Å². The van der Waals surface area contributed by atoms with Crippen molar-refractivity contribution >= 4 is 58.9 Å². The molecule has 3 N–H and O–H groups in total. The van der Waals surface area contributed by atoms with Gasteiger partial charge in [0.1, 0.15) is 5.75 Å². The Kier molecular flexibility index (Phi) is 13.1. The lowest BCUT2D eigenvalue weighted by atomic mass is 10.0. The first-order chi connectivity index (χ1) is 19.8. The van der Waals surface area contributed by atoms with Crippen molar-refractivity contribution in [2.45, 2.75) is 38.1 Å². The van der Waals surface area contributed by atoms with Crippen LogP contribution in [-0.2, 0) is 12.8 Å². The summed E-state index contributed by atoms with van der Waals surface area (Å²) in [7, 11) is 0. The van der Waals surface area contributed by atoms with Gasteiger partial charge < -0.3 is 20.3 Å². The number of amides is 1. The van der Waals surface area contributed by atoms with Crippen molar-refractivity contribution in [2.24, 2.45) is 5.73 Å². The number of carbonyl (C=O) groups is 2. The molecule has 1 atom stereocenters. The van der Waals surface area contributed by atoms with Crippen LogP contribution < -0.4 is 15.8 Å². The Morgan fingerprint density at radius 2 is 1.64 bits per heavy atom. The monoisotopic (exact) mass is 650 g/mol. The summed E-state index contributed by atoms with van der Waals surface area (Å²) >= 11 is 17.9. The largest absolute Gasteiger partial charge is 0.493 e. The summed E-state index contributed by atoms with van der Waals surface area (Å²) in [6.45, 7) is 0.965. The molecule has 222 valence electrons. The summed E-state index contributed by atoms with van der Waals surface area (Å²) in [4.78, 5) is 30.3. The van der Waals surface area contributed by atoms with Gasteiger partial charge in [0.15, 0.2) is 0 Å². The van der Waals surface area contributed by atoms with Crippen LogP contribution >= 0.6 is 47.2 Å². The second-order valence-electron chi connectivity index (χ2n) is 9.36. The van der Waals surface area contributed by atoms with Crippen molar-refractivity contribution in [2.75, 3.05) is 13.2 Å². The number of aromatic nitrogens is 2. The first kappa shape index (κ1) is 33.4. The molecule has 3 aromatic carbocycles. The van der Waals surface area contributed by atoms with Gasteiger partial charge in [-0.2, -0.15) is 4.98 Å². The van der Waals surface area contributed by atoms with Crippen LogP contribution in [0.15, 0.2) is 71.3 Å². The summed E-state index contributed by atoms with van der Waals surface area (Å²) in [5.41, 5.74) is 7.94. The number of benzene rings is 3. The molecule has 42 heavy (non-hydrogen) atoms. The zero-order valence-electron chi connectivity index (χ0n) is 22.5. The Morgan fingerprint density at radius 1 is 0.929 bits per heavy atom. The second kappa shape index (κ2) is 16.5. The third-order valence-electron chi connectivity index (χ3n) is 6.29. The van der Waals surface area contributed by atoms with E-state index >= 15 is 0 Å². The van der Waals surface area contributed by atoms with Crippen molar-refractivity contribution in [3.63, 3.8) is 0 Å². The predicted octanol–water partition coefficient (Wildman–Crippen LogP) is 6.77. The third-order valence-corrected chi connectivity index (χ3v) is 7.28. The Labute approximate surface area is 265 Å². The van der Waals surface area contributed by atoms with Gasteiger partial charge >= 0.3 is 0 Å². The molecule has 0 bridgehead atoms. The minimum Gasteiger partial charge on any atom is -0.493 e. The summed E-state index contributed by atoms with van der Waals surface area (Å²) < 4.78 is 11.2. The van der Waals surface area contributed by atoms with Gasteiger partial charge in [-0.1, -0.05) is 58.2 Å². The second-order valence-corrected chi connectivity index (χ2v) is 10.6. The Balaban J connectivity index is 0.00000484. The fraction of sp³-hybridized carbons (Fsp3) is 0.267. The highest BCUT2D eigenvalue weighted by atomic mass is 35.5. The van der Waals surface area contributed by atoms with Crippen molar-refractivity contribution in [3.05, 3.63) is 110 Å². The number of unbranched alkanes of at least 4 members (excludes halogenated alkanes) is 1. The number of hydrogen-bond donors (Lipinski definition) is 2. The number of Topliss-reactive ketones (excluding diaryl/α,β-unsaturated/α-hetero) is 1. The van der Waals surface area contributed by atoms with E-state index in [0.717, 1.165) is 11.1 Å². The molecular formula is C30H30Cl4N4O4. The van der Waals surface area contributed by atoms with E-state index in [1.807, 2.05) is 36.4 Å². The van der Waals surface area contributed by atoms with E-state index in [0.29, 0.717) is 71.6 Å². The first-order valence-electron chi connectivity index (χ1n) is 13.1. The molecule has 0 aliphatic heterocycles. The van der Waals surface area contributed by atoms with Crippen LogP contribution in [0.4, 0.5) is 0 Å². The lowest BCUT2D eigenvalue weighted by Gasteiger charge is -2.16. The van der Waals surface area contributed by atoms with E-state index < -0.39 is 17.7 Å². The number of ether oxygens (including phenoxy) is 1. The summed E-state index contributed by atoms with van der Waals surface area (Å²) in [6.07, 6.45) is 2.78. The molecule has 4 rings (SSSR count). The van der Waals surface area contributed by atoms with Crippen LogP contribution in [0.25, 0.3) is 0 Å². The molecule has 0 saturated carbocycles. The summed E-state index contributed by atoms with van der Waals surface area (Å²) in [5.74, 6) is 0.0931. The van der Waals surface area contributed by atoms with Gasteiger partial charge in [0.25, 0.3) is 5.91 Å².